The van der Waals surface area contributed by atoms with Crippen molar-refractivity contribution in [3.63, 3.8) is 0 Å². The molecule has 4 rings (SSSR count). The van der Waals surface area contributed by atoms with Gasteiger partial charge in [-0.25, -0.2) is 0 Å². The third-order valence-corrected chi connectivity index (χ3v) is 4.79. The number of nitrogens with zero attached hydrogens (tertiary/aromatic N) is 4. The highest BCUT2D eigenvalue weighted by molar-refractivity contribution is 5.87. The molecule has 1 saturated heterocycles. The van der Waals surface area contributed by atoms with E-state index in [-0.39, 0.29) is 17.9 Å². The van der Waals surface area contributed by atoms with E-state index in [0.29, 0.717) is 19.5 Å². The number of nitrogens with one attached hydrogen (secondary N) is 1. The molecule has 128 valence electrons. The highest BCUT2D eigenvalue weighted by atomic mass is 16.5. The van der Waals surface area contributed by atoms with Crippen LogP contribution in [0.2, 0.25) is 0 Å². The van der Waals surface area contributed by atoms with E-state index in [1.54, 1.807) is 19.5 Å². The fourth-order valence-electron chi connectivity index (χ4n) is 3.47. The van der Waals surface area contributed by atoms with Crippen LogP contribution < -0.4 is 0 Å². The second kappa shape index (κ2) is 6.60. The molecule has 0 unspecified atom stereocenters. The number of benzene rings is 1. The summed E-state index contributed by atoms with van der Waals surface area (Å²) in [6, 6.07) is 9.85. The van der Waals surface area contributed by atoms with Crippen molar-refractivity contribution in [3.05, 3.63) is 54.0 Å². The van der Waals surface area contributed by atoms with Gasteiger partial charge < -0.3 is 9.64 Å². The molecule has 3 heterocycles. The van der Waals surface area contributed by atoms with Crippen molar-refractivity contribution in [2.75, 3.05) is 20.2 Å². The number of hydrogen-bond donors (Lipinski definition) is 1. The lowest BCUT2D eigenvalue weighted by molar-refractivity contribution is -0.129. The Bertz CT molecular complexity index is 875. The van der Waals surface area contributed by atoms with E-state index in [2.05, 4.69) is 20.4 Å². The predicted molar refractivity (Wildman–Crippen MR) is 91.9 cm³/mol. The summed E-state index contributed by atoms with van der Waals surface area (Å²) in [7, 11) is 1.67. The van der Waals surface area contributed by atoms with Crippen LogP contribution in [0.1, 0.15) is 17.2 Å². The van der Waals surface area contributed by atoms with Gasteiger partial charge in [-0.05, 0) is 11.6 Å². The number of H-pyrrole nitrogens is 1. The van der Waals surface area contributed by atoms with E-state index in [4.69, 9.17) is 4.74 Å². The Hall–Kier alpha value is -2.80. The Morgan fingerprint density at radius 2 is 2.20 bits per heavy atom. The molecule has 25 heavy (non-hydrogen) atoms. The van der Waals surface area contributed by atoms with Crippen molar-refractivity contribution in [1.82, 2.24) is 25.3 Å². The van der Waals surface area contributed by atoms with Gasteiger partial charge in [0.05, 0.1) is 35.9 Å². The molecule has 3 aromatic rings. The number of hydrogen-bond acceptors (Lipinski definition) is 5. The minimum absolute atomic E-state index is 0.0401. The van der Waals surface area contributed by atoms with Crippen LogP contribution in [0.25, 0.3) is 10.9 Å². The monoisotopic (exact) mass is 337 g/mol. The Morgan fingerprint density at radius 3 is 3.00 bits per heavy atom. The second-order valence-corrected chi connectivity index (χ2v) is 6.24. The van der Waals surface area contributed by atoms with E-state index in [1.807, 2.05) is 35.2 Å². The lowest BCUT2D eigenvalue weighted by atomic mass is 10.0. The maximum atomic E-state index is 12.8. The first-order chi connectivity index (χ1) is 12.3. The van der Waals surface area contributed by atoms with Crippen molar-refractivity contribution in [1.29, 1.82) is 0 Å². The molecule has 2 aromatic heterocycles. The zero-order valence-electron chi connectivity index (χ0n) is 13.9. The number of likely N-dealkylation sites (tertiary alicyclic amines) is 1. The quantitative estimate of drug-likeness (QED) is 0.781. The van der Waals surface area contributed by atoms with Gasteiger partial charge in [-0.2, -0.15) is 15.4 Å². The van der Waals surface area contributed by atoms with Crippen LogP contribution in [-0.4, -0.2) is 57.5 Å². The third kappa shape index (κ3) is 2.98. The minimum Gasteiger partial charge on any atom is -0.379 e. The van der Waals surface area contributed by atoms with E-state index >= 15 is 0 Å². The largest absolute Gasteiger partial charge is 0.379 e. The molecule has 1 aliphatic rings. The van der Waals surface area contributed by atoms with Crippen LogP contribution in [0.5, 0.6) is 0 Å². The fourth-order valence-corrected chi connectivity index (χ4v) is 3.47. The van der Waals surface area contributed by atoms with Gasteiger partial charge in [-0.3, -0.25) is 9.78 Å². The smallest absolute Gasteiger partial charge is 0.227 e. The molecule has 7 nitrogen and oxygen atoms in total. The minimum atomic E-state index is -0.0697. The molecule has 1 N–H and O–H groups in total. The number of rotatable bonds is 4. The molecule has 1 aliphatic heterocycles. The summed E-state index contributed by atoms with van der Waals surface area (Å²) in [6.07, 6.45) is 3.71. The summed E-state index contributed by atoms with van der Waals surface area (Å²) in [5.74, 6) is 0.115. The first kappa shape index (κ1) is 15.7. The van der Waals surface area contributed by atoms with Gasteiger partial charge in [0.2, 0.25) is 5.91 Å². The van der Waals surface area contributed by atoms with Gasteiger partial charge >= 0.3 is 0 Å². The van der Waals surface area contributed by atoms with Crippen molar-refractivity contribution in [3.8, 4) is 0 Å². The van der Waals surface area contributed by atoms with E-state index in [1.165, 1.54) is 0 Å². The Morgan fingerprint density at radius 1 is 1.32 bits per heavy atom. The maximum absolute atomic E-state index is 12.8. The molecule has 2 atom stereocenters. The van der Waals surface area contributed by atoms with Crippen LogP contribution in [0.15, 0.2) is 42.7 Å². The molecule has 1 aromatic carbocycles. The topological polar surface area (TPSA) is 84.0 Å². The van der Waals surface area contributed by atoms with Crippen LogP contribution in [0.4, 0.5) is 0 Å². The number of methoxy groups -OCH3 is 1. The van der Waals surface area contributed by atoms with Gasteiger partial charge in [0.1, 0.15) is 0 Å². The van der Waals surface area contributed by atoms with E-state index < -0.39 is 0 Å². The first-order valence-electron chi connectivity index (χ1n) is 8.25. The number of ether oxygens (including phenoxy) is 1. The number of carbonyl (C=O) groups is 1. The SMILES string of the molecule is CO[C@@H]1CN(C(=O)Cc2cccc3cccnc23)C[C@H]1c1cn[nH]n1. The summed E-state index contributed by atoms with van der Waals surface area (Å²) < 4.78 is 5.56. The van der Waals surface area contributed by atoms with Crippen LogP contribution in [-0.2, 0) is 16.0 Å². The van der Waals surface area contributed by atoms with E-state index in [9.17, 15) is 4.79 Å². The highest BCUT2D eigenvalue weighted by Crippen LogP contribution is 2.28. The first-order valence-corrected chi connectivity index (χ1v) is 8.25. The van der Waals surface area contributed by atoms with Crippen LogP contribution in [0.3, 0.4) is 0 Å². The average Bonchev–Trinajstić information content (AvgIpc) is 3.31. The third-order valence-electron chi connectivity index (χ3n) is 4.79. The average molecular weight is 337 g/mol. The zero-order valence-corrected chi connectivity index (χ0v) is 13.9. The molecular weight excluding hydrogens is 318 g/mol. The van der Waals surface area contributed by atoms with Gasteiger partial charge in [0.25, 0.3) is 0 Å². The summed E-state index contributed by atoms with van der Waals surface area (Å²) in [5, 5.41) is 11.7. The predicted octanol–water partition coefficient (Wildman–Crippen LogP) is 1.54. The van der Waals surface area contributed by atoms with Crippen molar-refractivity contribution >= 4 is 16.8 Å². The second-order valence-electron chi connectivity index (χ2n) is 6.24. The Kier molecular flexibility index (Phi) is 4.15. The summed E-state index contributed by atoms with van der Waals surface area (Å²) in [6.45, 7) is 1.15. The number of carbonyl (C=O) groups excluding carboxylic acids is 1. The maximum Gasteiger partial charge on any atom is 0.227 e. The standard InChI is InChI=1S/C18H19N5O2/c1-25-16-11-23(10-14(16)15-9-20-22-21-15)17(24)8-13-5-2-4-12-6-3-7-19-18(12)13/h2-7,9,14,16H,8,10-11H2,1H3,(H,20,21,22)/t14-,16+/m0/s1. The lowest BCUT2D eigenvalue weighted by Crippen LogP contribution is -2.31. The normalized spacial score (nSPS) is 20.3. The molecule has 1 amide bonds. The molecule has 0 spiro atoms. The van der Waals surface area contributed by atoms with Gasteiger partial charge in [0.15, 0.2) is 0 Å². The number of aromatic amines is 1. The van der Waals surface area contributed by atoms with Crippen molar-refractivity contribution in [2.45, 2.75) is 18.4 Å². The number of fused-ring (bicyclic) bond motifs is 1. The van der Waals surface area contributed by atoms with Crippen LogP contribution >= 0.6 is 0 Å². The molecule has 1 fully saturated rings. The zero-order chi connectivity index (χ0) is 17.2. The van der Waals surface area contributed by atoms with Crippen LogP contribution in [0, 0.1) is 0 Å². The molecule has 0 bridgehead atoms. The number of amides is 1. The lowest BCUT2D eigenvalue weighted by Gasteiger charge is -2.16. The number of pyridine rings is 1. The molecular formula is C18H19N5O2. The fraction of sp³-hybridized carbons (Fsp3) is 0.333. The van der Waals surface area contributed by atoms with Gasteiger partial charge in [-0.15, -0.1) is 0 Å². The summed E-state index contributed by atoms with van der Waals surface area (Å²) >= 11 is 0. The van der Waals surface area contributed by atoms with Gasteiger partial charge in [0, 0.05) is 31.8 Å². The highest BCUT2D eigenvalue weighted by Gasteiger charge is 2.37. The molecule has 0 radical (unpaired) electrons. The molecule has 0 saturated carbocycles. The Balaban J connectivity index is 1.53. The molecule has 7 heteroatoms. The Labute approximate surface area is 145 Å². The van der Waals surface area contributed by atoms with Gasteiger partial charge in [-0.1, -0.05) is 24.3 Å². The molecule has 0 aliphatic carbocycles. The number of para-hydroxylation sites is 1. The van der Waals surface area contributed by atoms with Crippen molar-refractivity contribution < 1.29 is 9.53 Å². The summed E-state index contributed by atoms with van der Waals surface area (Å²) in [5.41, 5.74) is 2.66. The van der Waals surface area contributed by atoms with Crippen molar-refractivity contribution in [2.24, 2.45) is 0 Å². The summed E-state index contributed by atoms with van der Waals surface area (Å²) in [4.78, 5) is 19.1. The van der Waals surface area contributed by atoms with E-state index in [0.717, 1.165) is 22.2 Å². The number of aromatic nitrogens is 4.